The van der Waals surface area contributed by atoms with Gasteiger partial charge in [-0.1, -0.05) is 52.5 Å². The number of halogens is 2. The summed E-state index contributed by atoms with van der Waals surface area (Å²) in [5.41, 5.74) is 7.23. The third-order valence-corrected chi connectivity index (χ3v) is 5.91. The molecule has 2 N–H and O–H groups in total. The molecule has 1 heterocycles. The number of rotatable bonds is 3. The van der Waals surface area contributed by atoms with E-state index in [1.54, 1.807) is 0 Å². The highest BCUT2D eigenvalue weighted by Crippen LogP contribution is 2.49. The van der Waals surface area contributed by atoms with E-state index in [9.17, 15) is 0 Å². The van der Waals surface area contributed by atoms with Crippen LogP contribution in [0.5, 0.6) is 0 Å². The summed E-state index contributed by atoms with van der Waals surface area (Å²) in [5, 5.41) is 4.24. The number of benzene rings is 1. The summed E-state index contributed by atoms with van der Waals surface area (Å²) in [6.07, 6.45) is 7.54. The predicted molar refractivity (Wildman–Crippen MR) is 94.7 cm³/mol. The molecule has 0 radical (unpaired) electrons. The number of hydrogen-bond donors (Lipinski definition) is 1. The van der Waals surface area contributed by atoms with Crippen molar-refractivity contribution < 1.29 is 4.52 Å². The molecule has 0 saturated heterocycles. The Morgan fingerprint density at radius 2 is 1.65 bits per heavy atom. The number of aromatic nitrogens is 2. The van der Waals surface area contributed by atoms with Gasteiger partial charge in [0, 0.05) is 4.47 Å². The third kappa shape index (κ3) is 2.73. The second kappa shape index (κ2) is 6.19. The van der Waals surface area contributed by atoms with Crippen molar-refractivity contribution >= 4 is 28.3 Å². The smallest absolute Gasteiger partial charge is 0.237 e. The molecule has 2 aromatic rings. The maximum atomic E-state index is 6.46. The Morgan fingerprint density at radius 1 is 1.00 bits per heavy atom. The van der Waals surface area contributed by atoms with Gasteiger partial charge in [0.05, 0.1) is 11.0 Å². The third-order valence-electron chi connectivity index (χ3n) is 5.38. The van der Waals surface area contributed by atoms with E-state index >= 15 is 0 Å². The highest BCUT2D eigenvalue weighted by atomic mass is 79.9. The minimum absolute atomic E-state index is 0. The lowest BCUT2D eigenvalue weighted by Gasteiger charge is -2.39. The maximum Gasteiger partial charge on any atom is 0.237 e. The Balaban J connectivity index is 0.00000156. The number of hydrogen-bond acceptors (Lipinski definition) is 4. The molecule has 0 aliphatic heterocycles. The van der Waals surface area contributed by atoms with Crippen molar-refractivity contribution in [2.75, 3.05) is 0 Å². The van der Waals surface area contributed by atoms with Crippen molar-refractivity contribution in [2.24, 2.45) is 5.73 Å². The first-order valence-electron chi connectivity index (χ1n) is 8.02. The van der Waals surface area contributed by atoms with E-state index in [0.29, 0.717) is 5.82 Å². The van der Waals surface area contributed by atoms with Crippen molar-refractivity contribution in [3.05, 3.63) is 46.0 Å². The van der Waals surface area contributed by atoms with Crippen LogP contribution in [0.4, 0.5) is 0 Å². The summed E-state index contributed by atoms with van der Waals surface area (Å²) < 4.78 is 6.77. The first kappa shape index (κ1) is 16.9. The van der Waals surface area contributed by atoms with E-state index < -0.39 is 0 Å². The zero-order valence-corrected chi connectivity index (χ0v) is 15.3. The van der Waals surface area contributed by atoms with Gasteiger partial charge in [0.2, 0.25) is 5.89 Å². The van der Waals surface area contributed by atoms with E-state index in [2.05, 4.69) is 45.4 Å². The summed E-state index contributed by atoms with van der Waals surface area (Å²) in [4.78, 5) is 4.74. The van der Waals surface area contributed by atoms with Gasteiger partial charge in [0.15, 0.2) is 5.82 Å². The molecule has 0 atom stereocenters. The molecule has 2 aliphatic carbocycles. The van der Waals surface area contributed by atoms with Crippen molar-refractivity contribution in [1.29, 1.82) is 0 Å². The van der Waals surface area contributed by atoms with E-state index in [1.165, 1.54) is 12.0 Å². The highest BCUT2D eigenvalue weighted by Gasteiger charge is 2.46. The molecule has 4 nitrogen and oxygen atoms in total. The summed E-state index contributed by atoms with van der Waals surface area (Å²) >= 11 is 3.50. The molecular formula is C17H21BrClN3O. The van der Waals surface area contributed by atoms with Crippen molar-refractivity contribution in [2.45, 2.75) is 55.9 Å². The van der Waals surface area contributed by atoms with Crippen molar-refractivity contribution in [1.82, 2.24) is 10.1 Å². The summed E-state index contributed by atoms with van der Waals surface area (Å²) in [6.45, 7) is 0. The quantitative estimate of drug-likeness (QED) is 0.829. The Labute approximate surface area is 150 Å². The molecule has 0 amide bonds. The first-order chi connectivity index (χ1) is 10.6. The zero-order chi connectivity index (χ0) is 15.2. The molecule has 0 spiro atoms. The average Bonchev–Trinajstić information content (AvgIpc) is 3.10. The fourth-order valence-electron chi connectivity index (χ4n) is 3.77. The molecule has 6 heteroatoms. The van der Waals surface area contributed by atoms with Gasteiger partial charge in [0.1, 0.15) is 0 Å². The van der Waals surface area contributed by atoms with Crippen LogP contribution in [0.2, 0.25) is 0 Å². The van der Waals surface area contributed by atoms with Crippen LogP contribution < -0.4 is 5.73 Å². The normalized spacial score (nSPS) is 21.5. The SMILES string of the molecule is Cl.NC1(c2noc(C3(c4ccc(Br)cc4)CCC3)n2)CCCC1. The van der Waals surface area contributed by atoms with Crippen LogP contribution in [0.3, 0.4) is 0 Å². The minimum Gasteiger partial charge on any atom is -0.338 e. The van der Waals surface area contributed by atoms with Crippen LogP contribution >= 0.6 is 28.3 Å². The second-order valence-electron chi connectivity index (χ2n) is 6.73. The molecule has 1 aromatic heterocycles. The summed E-state index contributed by atoms with van der Waals surface area (Å²) in [7, 11) is 0. The lowest BCUT2D eigenvalue weighted by molar-refractivity contribution is 0.215. The molecule has 0 unspecified atom stereocenters. The molecule has 2 saturated carbocycles. The van der Waals surface area contributed by atoms with Gasteiger partial charge < -0.3 is 10.3 Å². The topological polar surface area (TPSA) is 64.9 Å². The average molecular weight is 399 g/mol. The molecule has 2 fully saturated rings. The highest BCUT2D eigenvalue weighted by molar-refractivity contribution is 9.10. The minimum atomic E-state index is -0.383. The summed E-state index contributed by atoms with van der Waals surface area (Å²) in [6, 6.07) is 8.46. The monoisotopic (exact) mass is 397 g/mol. The molecule has 23 heavy (non-hydrogen) atoms. The van der Waals surface area contributed by atoms with Crippen LogP contribution in [-0.4, -0.2) is 10.1 Å². The van der Waals surface area contributed by atoms with Crippen LogP contribution in [0.25, 0.3) is 0 Å². The Kier molecular flexibility index (Phi) is 4.55. The van der Waals surface area contributed by atoms with E-state index in [4.69, 9.17) is 15.2 Å². The standard InChI is InChI=1S/C17H20BrN3O.ClH/c18-13-6-4-12(5-7-13)16(8-3-9-16)15-20-14(21-22-15)17(19)10-1-2-11-17;/h4-7H,1-3,8-11,19H2;1H. The molecule has 4 rings (SSSR count). The molecule has 124 valence electrons. The Hall–Kier alpha value is -0.910. The number of nitrogens with zero attached hydrogens (tertiary/aromatic N) is 2. The van der Waals surface area contributed by atoms with Gasteiger partial charge in [0.25, 0.3) is 0 Å². The van der Waals surface area contributed by atoms with Gasteiger partial charge in [-0.15, -0.1) is 12.4 Å². The molecule has 1 aromatic carbocycles. The van der Waals surface area contributed by atoms with Crippen LogP contribution in [0.15, 0.2) is 33.3 Å². The molecule has 2 aliphatic rings. The van der Waals surface area contributed by atoms with Crippen LogP contribution in [0.1, 0.15) is 62.2 Å². The number of nitrogens with two attached hydrogens (primary N) is 1. The van der Waals surface area contributed by atoms with Crippen LogP contribution in [0, 0.1) is 0 Å². The van der Waals surface area contributed by atoms with Crippen molar-refractivity contribution in [3.8, 4) is 0 Å². The van der Waals surface area contributed by atoms with E-state index in [-0.39, 0.29) is 23.4 Å². The van der Waals surface area contributed by atoms with Gasteiger partial charge in [-0.2, -0.15) is 4.98 Å². The van der Waals surface area contributed by atoms with Gasteiger partial charge in [-0.25, -0.2) is 0 Å². The zero-order valence-electron chi connectivity index (χ0n) is 12.9. The van der Waals surface area contributed by atoms with E-state index in [0.717, 1.165) is 48.9 Å². The molecular weight excluding hydrogens is 378 g/mol. The first-order valence-corrected chi connectivity index (χ1v) is 8.81. The predicted octanol–water partition coefficient (Wildman–Crippen LogP) is 4.45. The van der Waals surface area contributed by atoms with Gasteiger partial charge in [-0.05, 0) is 43.4 Å². The Morgan fingerprint density at radius 3 is 2.22 bits per heavy atom. The lowest BCUT2D eigenvalue weighted by Crippen LogP contribution is -2.37. The van der Waals surface area contributed by atoms with Crippen LogP contribution in [-0.2, 0) is 11.0 Å². The van der Waals surface area contributed by atoms with Gasteiger partial charge >= 0.3 is 0 Å². The Bertz CT molecular complexity index is 675. The fourth-order valence-corrected chi connectivity index (χ4v) is 4.04. The fraction of sp³-hybridized carbons (Fsp3) is 0.529. The van der Waals surface area contributed by atoms with Gasteiger partial charge in [-0.3, -0.25) is 0 Å². The maximum absolute atomic E-state index is 6.46. The van der Waals surface area contributed by atoms with E-state index in [1.807, 2.05) is 0 Å². The lowest BCUT2D eigenvalue weighted by atomic mass is 9.64. The van der Waals surface area contributed by atoms with Crippen molar-refractivity contribution in [3.63, 3.8) is 0 Å². The second-order valence-corrected chi connectivity index (χ2v) is 7.64. The summed E-state index contributed by atoms with van der Waals surface area (Å²) in [5.74, 6) is 1.44. The largest absolute Gasteiger partial charge is 0.338 e. The molecule has 0 bridgehead atoms.